The Morgan fingerprint density at radius 2 is 1.58 bits per heavy atom. The van der Waals surface area contributed by atoms with E-state index in [0.717, 1.165) is 16.1 Å². The van der Waals surface area contributed by atoms with Crippen LogP contribution in [-0.2, 0) is 4.79 Å². The third-order valence-electron chi connectivity index (χ3n) is 4.96. The summed E-state index contributed by atoms with van der Waals surface area (Å²) in [6.45, 7) is 3.97. The molecule has 33 heavy (non-hydrogen) atoms. The van der Waals surface area contributed by atoms with Gasteiger partial charge in [-0.3, -0.25) is 9.59 Å². The zero-order valence-electron chi connectivity index (χ0n) is 19.2. The lowest BCUT2D eigenvalue weighted by atomic mass is 10.2. The fourth-order valence-corrected chi connectivity index (χ4v) is 4.27. The van der Waals surface area contributed by atoms with Crippen molar-refractivity contribution in [3.05, 3.63) is 77.9 Å². The molecule has 3 aromatic carbocycles. The van der Waals surface area contributed by atoms with Gasteiger partial charge >= 0.3 is 0 Å². The molecule has 0 aliphatic rings. The van der Waals surface area contributed by atoms with Gasteiger partial charge in [0.05, 0.1) is 19.5 Å². The van der Waals surface area contributed by atoms with Crippen LogP contribution in [0.15, 0.2) is 71.6 Å². The highest BCUT2D eigenvalue weighted by atomic mass is 32.2. The van der Waals surface area contributed by atoms with Gasteiger partial charge in [0.1, 0.15) is 0 Å². The molecule has 3 aromatic rings. The van der Waals surface area contributed by atoms with Crippen molar-refractivity contribution < 1.29 is 19.1 Å². The van der Waals surface area contributed by atoms with E-state index in [9.17, 15) is 9.59 Å². The lowest BCUT2D eigenvalue weighted by Gasteiger charge is -2.16. The smallest absolute Gasteiger partial charge is 0.255 e. The highest BCUT2D eigenvalue weighted by Crippen LogP contribution is 2.30. The number of nitrogens with one attached hydrogen (secondary N) is 2. The number of amides is 2. The molecule has 0 saturated heterocycles. The van der Waals surface area contributed by atoms with Gasteiger partial charge in [0.25, 0.3) is 5.91 Å². The monoisotopic (exact) mass is 464 g/mol. The topological polar surface area (TPSA) is 76.7 Å². The Hall–Kier alpha value is -3.45. The molecule has 0 bridgehead atoms. The number of rotatable bonds is 9. The third kappa shape index (κ3) is 6.52. The molecular formula is C26H28N2O4S. The van der Waals surface area contributed by atoms with E-state index in [1.807, 2.05) is 62.4 Å². The summed E-state index contributed by atoms with van der Waals surface area (Å²) in [6, 6.07) is 20.2. The summed E-state index contributed by atoms with van der Waals surface area (Å²) < 4.78 is 10.5. The number of hydrogen-bond acceptors (Lipinski definition) is 5. The summed E-state index contributed by atoms with van der Waals surface area (Å²) in [6.07, 6.45) is 0.671. The van der Waals surface area contributed by atoms with Crippen LogP contribution in [0, 0.1) is 6.92 Å². The minimum Gasteiger partial charge on any atom is -0.493 e. The first-order valence-electron chi connectivity index (χ1n) is 10.6. The average molecular weight is 465 g/mol. The van der Waals surface area contributed by atoms with E-state index < -0.39 is 0 Å². The molecule has 2 amide bonds. The molecule has 1 atom stereocenters. The van der Waals surface area contributed by atoms with Crippen LogP contribution in [0.1, 0.15) is 29.3 Å². The maximum absolute atomic E-state index is 12.8. The van der Waals surface area contributed by atoms with Crippen molar-refractivity contribution in [3.63, 3.8) is 0 Å². The Balaban J connectivity index is 1.68. The van der Waals surface area contributed by atoms with Crippen LogP contribution < -0.4 is 20.1 Å². The molecule has 0 radical (unpaired) electrons. The van der Waals surface area contributed by atoms with Crippen LogP contribution in [0.4, 0.5) is 11.4 Å². The maximum Gasteiger partial charge on any atom is 0.255 e. The van der Waals surface area contributed by atoms with Crippen molar-refractivity contribution in [2.75, 3.05) is 24.9 Å². The van der Waals surface area contributed by atoms with Gasteiger partial charge in [-0.1, -0.05) is 25.1 Å². The van der Waals surface area contributed by atoms with Crippen LogP contribution in [-0.4, -0.2) is 31.3 Å². The van der Waals surface area contributed by atoms with Crippen LogP contribution in [0.5, 0.6) is 11.5 Å². The second-order valence-corrected chi connectivity index (χ2v) is 8.70. The van der Waals surface area contributed by atoms with E-state index >= 15 is 0 Å². The number of carbonyl (C=O) groups is 2. The molecule has 0 saturated carbocycles. The minimum atomic E-state index is -0.262. The molecule has 6 nitrogen and oxygen atoms in total. The summed E-state index contributed by atoms with van der Waals surface area (Å²) in [5, 5.41) is 5.63. The molecule has 0 aliphatic carbocycles. The highest BCUT2D eigenvalue weighted by molar-refractivity contribution is 8.00. The van der Waals surface area contributed by atoms with Crippen molar-refractivity contribution in [2.45, 2.75) is 30.4 Å². The van der Waals surface area contributed by atoms with Crippen molar-refractivity contribution in [1.29, 1.82) is 0 Å². The zero-order chi connectivity index (χ0) is 23.8. The van der Waals surface area contributed by atoms with E-state index in [2.05, 4.69) is 10.6 Å². The Bertz CT molecular complexity index is 1130. The summed E-state index contributed by atoms with van der Waals surface area (Å²) in [5.41, 5.74) is 2.98. The number of thioether (sulfide) groups is 1. The lowest BCUT2D eigenvalue weighted by Crippen LogP contribution is -2.24. The van der Waals surface area contributed by atoms with Crippen molar-refractivity contribution >= 4 is 35.0 Å². The van der Waals surface area contributed by atoms with Crippen molar-refractivity contribution in [1.82, 2.24) is 0 Å². The Kier molecular flexibility index (Phi) is 8.38. The molecule has 0 spiro atoms. The fourth-order valence-electron chi connectivity index (χ4n) is 3.26. The molecule has 0 aliphatic heterocycles. The third-order valence-corrected chi connectivity index (χ3v) is 6.32. The number of ether oxygens (including phenoxy) is 2. The molecule has 0 aromatic heterocycles. The number of methoxy groups -OCH3 is 2. The number of hydrogen-bond donors (Lipinski definition) is 2. The molecule has 2 N–H and O–H groups in total. The summed E-state index contributed by atoms with van der Waals surface area (Å²) in [4.78, 5) is 26.4. The van der Waals surface area contributed by atoms with E-state index in [1.165, 1.54) is 18.9 Å². The van der Waals surface area contributed by atoms with E-state index in [4.69, 9.17) is 9.47 Å². The highest BCUT2D eigenvalue weighted by Gasteiger charge is 2.19. The van der Waals surface area contributed by atoms with Gasteiger partial charge in [-0.05, 0) is 67.4 Å². The first-order valence-corrected chi connectivity index (χ1v) is 11.5. The SMILES string of the molecule is CCC(Sc1cccc(NC(=O)c2ccc(OC)c(OC)c2)c1)C(=O)Nc1cccc(C)c1. The molecule has 1 unspecified atom stereocenters. The normalized spacial score (nSPS) is 11.4. The van der Waals surface area contributed by atoms with Gasteiger partial charge in [-0.25, -0.2) is 0 Å². The van der Waals surface area contributed by atoms with Gasteiger partial charge in [0.2, 0.25) is 5.91 Å². The molecular weight excluding hydrogens is 436 g/mol. The van der Waals surface area contributed by atoms with Crippen LogP contribution >= 0.6 is 11.8 Å². The number of aryl methyl sites for hydroxylation is 1. The van der Waals surface area contributed by atoms with Crippen LogP contribution in [0.2, 0.25) is 0 Å². The quantitative estimate of drug-likeness (QED) is 0.393. The number of anilines is 2. The molecule has 3 rings (SSSR count). The van der Waals surface area contributed by atoms with E-state index in [0.29, 0.717) is 29.2 Å². The Morgan fingerprint density at radius 3 is 2.24 bits per heavy atom. The first-order chi connectivity index (χ1) is 15.9. The van der Waals surface area contributed by atoms with E-state index in [-0.39, 0.29) is 17.1 Å². The molecule has 0 heterocycles. The Labute approximate surface area is 198 Å². The summed E-state index contributed by atoms with van der Waals surface area (Å²) >= 11 is 1.47. The lowest BCUT2D eigenvalue weighted by molar-refractivity contribution is -0.115. The number of benzene rings is 3. The zero-order valence-corrected chi connectivity index (χ0v) is 20.0. The minimum absolute atomic E-state index is 0.0483. The first kappa shape index (κ1) is 24.2. The van der Waals surface area contributed by atoms with Gasteiger partial charge in [-0.2, -0.15) is 0 Å². The van der Waals surface area contributed by atoms with Gasteiger partial charge in [0.15, 0.2) is 11.5 Å². The predicted molar refractivity (Wildman–Crippen MR) is 134 cm³/mol. The maximum atomic E-state index is 12.8. The van der Waals surface area contributed by atoms with Crippen molar-refractivity contribution in [3.8, 4) is 11.5 Å². The molecule has 172 valence electrons. The summed E-state index contributed by atoms with van der Waals surface area (Å²) in [7, 11) is 3.07. The summed E-state index contributed by atoms with van der Waals surface area (Å²) in [5.74, 6) is 0.733. The second-order valence-electron chi connectivity index (χ2n) is 7.43. The Morgan fingerprint density at radius 1 is 0.879 bits per heavy atom. The predicted octanol–water partition coefficient (Wildman–Crippen LogP) is 5.77. The second kappa shape index (κ2) is 11.4. The van der Waals surface area contributed by atoms with Gasteiger partial charge in [0, 0.05) is 21.8 Å². The fraction of sp³-hybridized carbons (Fsp3) is 0.231. The van der Waals surface area contributed by atoms with Crippen LogP contribution in [0.25, 0.3) is 0 Å². The standard InChI is InChI=1S/C26H28N2O4S/c1-5-24(26(30)28-19-9-6-8-17(2)14-19)33-21-11-7-10-20(16-21)27-25(29)18-12-13-22(31-3)23(15-18)32-4/h6-16,24H,5H2,1-4H3,(H,27,29)(H,28,30). The largest absolute Gasteiger partial charge is 0.493 e. The van der Waals surface area contributed by atoms with Gasteiger partial charge < -0.3 is 20.1 Å². The molecule has 0 fully saturated rings. The van der Waals surface area contributed by atoms with Crippen molar-refractivity contribution in [2.24, 2.45) is 0 Å². The average Bonchev–Trinajstić information content (AvgIpc) is 2.82. The number of carbonyl (C=O) groups excluding carboxylic acids is 2. The molecule has 7 heteroatoms. The van der Waals surface area contributed by atoms with Crippen LogP contribution in [0.3, 0.4) is 0 Å². The van der Waals surface area contributed by atoms with E-state index in [1.54, 1.807) is 25.3 Å². The van der Waals surface area contributed by atoms with Gasteiger partial charge in [-0.15, -0.1) is 11.8 Å².